The second-order valence-electron chi connectivity index (χ2n) is 3.69. The molecule has 0 aliphatic rings. The van der Waals surface area contributed by atoms with Crippen molar-refractivity contribution in [2.75, 3.05) is 6.61 Å². The third kappa shape index (κ3) is 4.86. The monoisotopic (exact) mass is 304 g/mol. The van der Waals surface area contributed by atoms with Crippen LogP contribution in [0.3, 0.4) is 0 Å². The molecule has 94 valence electrons. The van der Waals surface area contributed by atoms with E-state index in [1.807, 2.05) is 6.08 Å². The van der Waals surface area contributed by atoms with Crippen molar-refractivity contribution in [3.05, 3.63) is 40.9 Å². The molecule has 0 bridgehead atoms. The molecule has 0 saturated carbocycles. The molecule has 0 N–H and O–H groups in total. The highest BCUT2D eigenvalue weighted by atomic mass is 79.9. The average molecular weight is 305 g/mol. The molecule has 1 aromatic rings. The number of benzene rings is 1. The molecule has 0 spiro atoms. The normalized spacial score (nSPS) is 10.3. The van der Waals surface area contributed by atoms with Crippen LogP contribution in [0.5, 0.6) is 5.75 Å². The fourth-order valence-corrected chi connectivity index (χ4v) is 1.80. The molecule has 0 fully saturated rings. The summed E-state index contributed by atoms with van der Waals surface area (Å²) in [6.45, 7) is 4.02. The summed E-state index contributed by atoms with van der Waals surface area (Å²) in [5.74, 6) is -1.87. The first-order chi connectivity index (χ1) is 8.15. The van der Waals surface area contributed by atoms with Gasteiger partial charge in [-0.15, -0.1) is 6.58 Å². The van der Waals surface area contributed by atoms with E-state index in [1.165, 1.54) is 6.07 Å². The molecule has 0 aromatic heterocycles. The topological polar surface area (TPSA) is 9.23 Å². The Bertz CT molecular complexity index is 380. The van der Waals surface area contributed by atoms with Gasteiger partial charge >= 0.3 is 0 Å². The van der Waals surface area contributed by atoms with Crippen molar-refractivity contribution in [3.8, 4) is 5.75 Å². The van der Waals surface area contributed by atoms with Gasteiger partial charge in [0.05, 0.1) is 6.61 Å². The van der Waals surface area contributed by atoms with Gasteiger partial charge in [0.25, 0.3) is 0 Å². The van der Waals surface area contributed by atoms with Crippen LogP contribution < -0.4 is 4.74 Å². The maximum Gasteiger partial charge on any atom is 0.200 e. The molecular weight excluding hydrogens is 290 g/mol. The van der Waals surface area contributed by atoms with Crippen LogP contribution >= 0.6 is 15.9 Å². The first-order valence-electron chi connectivity index (χ1n) is 5.53. The van der Waals surface area contributed by atoms with Crippen LogP contribution in [0.1, 0.15) is 25.7 Å². The van der Waals surface area contributed by atoms with Gasteiger partial charge in [0.1, 0.15) is 0 Å². The molecular formula is C13H15BrF2O. The lowest BCUT2D eigenvalue weighted by Crippen LogP contribution is -2.00. The van der Waals surface area contributed by atoms with Gasteiger partial charge in [-0.2, -0.15) is 4.39 Å². The summed E-state index contributed by atoms with van der Waals surface area (Å²) in [6, 6.07) is 2.51. The smallest absolute Gasteiger partial charge is 0.200 e. The molecule has 0 aliphatic carbocycles. The maximum absolute atomic E-state index is 13.3. The van der Waals surface area contributed by atoms with Crippen molar-refractivity contribution in [2.45, 2.75) is 25.7 Å². The van der Waals surface area contributed by atoms with E-state index in [-0.39, 0.29) is 5.75 Å². The number of ether oxygens (including phenoxy) is 1. The quantitative estimate of drug-likeness (QED) is 0.397. The van der Waals surface area contributed by atoms with Gasteiger partial charge in [0.2, 0.25) is 5.82 Å². The van der Waals surface area contributed by atoms with Gasteiger partial charge in [-0.1, -0.05) is 22.0 Å². The number of halogens is 3. The zero-order valence-corrected chi connectivity index (χ0v) is 11.1. The highest BCUT2D eigenvalue weighted by Crippen LogP contribution is 2.25. The molecule has 4 heteroatoms. The Kier molecular flexibility index (Phi) is 6.19. The summed E-state index contributed by atoms with van der Waals surface area (Å²) in [5.41, 5.74) is 0. The van der Waals surface area contributed by atoms with Crippen molar-refractivity contribution in [3.63, 3.8) is 0 Å². The van der Waals surface area contributed by atoms with Crippen molar-refractivity contribution in [1.29, 1.82) is 0 Å². The summed E-state index contributed by atoms with van der Waals surface area (Å²) < 4.78 is 32.0. The Morgan fingerprint density at radius 1 is 1.24 bits per heavy atom. The molecule has 0 unspecified atom stereocenters. The molecule has 1 nitrogen and oxygen atoms in total. The number of hydrogen-bond acceptors (Lipinski definition) is 1. The van der Waals surface area contributed by atoms with E-state index in [0.29, 0.717) is 11.1 Å². The van der Waals surface area contributed by atoms with Crippen LogP contribution in [0.2, 0.25) is 0 Å². The van der Waals surface area contributed by atoms with E-state index in [0.717, 1.165) is 31.7 Å². The lowest BCUT2D eigenvalue weighted by molar-refractivity contribution is 0.285. The third-order valence-corrected chi connectivity index (χ3v) is 2.73. The molecule has 1 aromatic carbocycles. The largest absolute Gasteiger partial charge is 0.490 e. The van der Waals surface area contributed by atoms with Crippen LogP contribution in [0.4, 0.5) is 8.78 Å². The number of unbranched alkanes of at least 4 members (excludes halogenated alkanes) is 3. The fraction of sp³-hybridized carbons (Fsp3) is 0.385. The maximum atomic E-state index is 13.3. The first-order valence-corrected chi connectivity index (χ1v) is 6.32. The minimum Gasteiger partial charge on any atom is -0.490 e. The Morgan fingerprint density at radius 2 is 2.00 bits per heavy atom. The zero-order chi connectivity index (χ0) is 12.7. The number of rotatable bonds is 7. The van der Waals surface area contributed by atoms with E-state index in [2.05, 4.69) is 22.5 Å². The lowest BCUT2D eigenvalue weighted by atomic mass is 10.2. The Labute approximate surface area is 109 Å². The first kappa shape index (κ1) is 14.2. The second-order valence-corrected chi connectivity index (χ2v) is 4.60. The fourth-order valence-electron chi connectivity index (χ4n) is 1.39. The molecule has 0 heterocycles. The number of allylic oxidation sites excluding steroid dienone is 1. The highest BCUT2D eigenvalue weighted by molar-refractivity contribution is 9.10. The predicted molar refractivity (Wildman–Crippen MR) is 68.2 cm³/mol. The number of hydrogen-bond donors (Lipinski definition) is 0. The van der Waals surface area contributed by atoms with Crippen molar-refractivity contribution >= 4 is 15.9 Å². The Morgan fingerprint density at radius 3 is 2.71 bits per heavy atom. The van der Waals surface area contributed by atoms with Crippen LogP contribution in [0, 0.1) is 11.6 Å². The van der Waals surface area contributed by atoms with Gasteiger partial charge in [0, 0.05) is 4.47 Å². The minimum absolute atomic E-state index is 0.0411. The lowest BCUT2D eigenvalue weighted by Gasteiger charge is -2.08. The van der Waals surface area contributed by atoms with Gasteiger partial charge in [-0.25, -0.2) is 4.39 Å². The van der Waals surface area contributed by atoms with Crippen LogP contribution in [0.15, 0.2) is 29.3 Å². The highest BCUT2D eigenvalue weighted by Gasteiger charge is 2.10. The third-order valence-electron chi connectivity index (χ3n) is 2.27. The molecule has 0 radical (unpaired) electrons. The van der Waals surface area contributed by atoms with E-state index in [4.69, 9.17) is 4.74 Å². The average Bonchev–Trinajstić information content (AvgIpc) is 2.29. The van der Waals surface area contributed by atoms with Crippen molar-refractivity contribution in [2.24, 2.45) is 0 Å². The Hall–Kier alpha value is -0.900. The van der Waals surface area contributed by atoms with Crippen LogP contribution in [-0.2, 0) is 0 Å². The SMILES string of the molecule is C=CCCCCCOc1cc(Br)cc(F)c1F. The minimum atomic E-state index is -0.931. The van der Waals surface area contributed by atoms with Crippen molar-refractivity contribution < 1.29 is 13.5 Å². The standard InChI is InChI=1S/C13H15BrF2O/c1-2-3-4-5-6-7-17-12-9-10(14)8-11(15)13(12)16/h2,8-9H,1,3-7H2. The second kappa shape index (κ2) is 7.43. The summed E-state index contributed by atoms with van der Waals surface area (Å²) >= 11 is 3.09. The van der Waals surface area contributed by atoms with Crippen LogP contribution in [0.25, 0.3) is 0 Å². The van der Waals surface area contributed by atoms with Gasteiger partial charge < -0.3 is 4.74 Å². The summed E-state index contributed by atoms with van der Waals surface area (Å²) in [7, 11) is 0. The molecule has 0 amide bonds. The van der Waals surface area contributed by atoms with Gasteiger partial charge in [-0.3, -0.25) is 0 Å². The zero-order valence-electron chi connectivity index (χ0n) is 9.52. The predicted octanol–water partition coefficient (Wildman–Crippen LogP) is 4.85. The summed E-state index contributed by atoms with van der Waals surface area (Å²) in [5, 5.41) is 0. The van der Waals surface area contributed by atoms with Gasteiger partial charge in [0.15, 0.2) is 11.6 Å². The van der Waals surface area contributed by atoms with Gasteiger partial charge in [-0.05, 0) is 37.8 Å². The molecule has 0 saturated heterocycles. The molecule has 17 heavy (non-hydrogen) atoms. The van der Waals surface area contributed by atoms with E-state index in [9.17, 15) is 8.78 Å². The van der Waals surface area contributed by atoms with E-state index in [1.54, 1.807) is 0 Å². The van der Waals surface area contributed by atoms with Crippen LogP contribution in [-0.4, -0.2) is 6.61 Å². The molecule has 1 rings (SSSR count). The summed E-state index contributed by atoms with van der Waals surface area (Å²) in [6.07, 6.45) is 5.69. The van der Waals surface area contributed by atoms with E-state index >= 15 is 0 Å². The van der Waals surface area contributed by atoms with E-state index < -0.39 is 11.6 Å². The summed E-state index contributed by atoms with van der Waals surface area (Å²) in [4.78, 5) is 0. The Balaban J connectivity index is 2.38. The molecule has 0 atom stereocenters. The molecule has 0 aliphatic heterocycles. The van der Waals surface area contributed by atoms with Crippen molar-refractivity contribution in [1.82, 2.24) is 0 Å².